The quantitative estimate of drug-likeness (QED) is 0.774. The van der Waals surface area contributed by atoms with Crippen molar-refractivity contribution < 1.29 is 58.4 Å². The summed E-state index contributed by atoms with van der Waals surface area (Å²) in [5.41, 5.74) is 0. The van der Waals surface area contributed by atoms with E-state index in [9.17, 15) is 4.79 Å². The standard InChI is InChI=1S/C7H13NO.FH.Xe/c1-3-5-7(9)6-8-4-2;;/h3,5,8H,4,6H2,1-2H3;1H;. The number of nitrogens with one attached hydrogen (secondary N) is 1. The van der Waals surface area contributed by atoms with Crippen LogP contribution < -0.4 is 5.32 Å². The van der Waals surface area contributed by atoms with Crippen molar-refractivity contribution >= 4 is 5.78 Å². The van der Waals surface area contributed by atoms with Gasteiger partial charge in [-0.05, 0) is 19.5 Å². The van der Waals surface area contributed by atoms with Crippen molar-refractivity contribution in [3.05, 3.63) is 12.2 Å². The summed E-state index contributed by atoms with van der Waals surface area (Å²) in [6.07, 6.45) is 3.32. The van der Waals surface area contributed by atoms with E-state index in [-0.39, 0.29) is 59.4 Å². The number of carbonyl (C=O) groups excluding carboxylic acids is 1. The average molecular weight is 278 g/mol. The number of allylic oxidation sites excluding steroid dienone is 1. The van der Waals surface area contributed by atoms with Crippen LogP contribution >= 0.6 is 0 Å². The summed E-state index contributed by atoms with van der Waals surface area (Å²) in [6, 6.07) is 0. The first-order valence-corrected chi connectivity index (χ1v) is 3.17. The van der Waals surface area contributed by atoms with Crippen LogP contribution in [0.25, 0.3) is 0 Å². The van der Waals surface area contributed by atoms with Crippen molar-refractivity contribution in [1.82, 2.24) is 5.32 Å². The summed E-state index contributed by atoms with van der Waals surface area (Å²) in [5.74, 6) is 0.138. The van der Waals surface area contributed by atoms with E-state index < -0.39 is 0 Å². The van der Waals surface area contributed by atoms with Crippen LogP contribution in [-0.2, 0) is 4.79 Å². The summed E-state index contributed by atoms with van der Waals surface area (Å²) >= 11 is 0. The van der Waals surface area contributed by atoms with Crippen molar-refractivity contribution in [2.24, 2.45) is 0 Å². The van der Waals surface area contributed by atoms with Crippen molar-refractivity contribution in [3.8, 4) is 0 Å². The van der Waals surface area contributed by atoms with Crippen LogP contribution in [0.4, 0.5) is 4.70 Å². The predicted octanol–water partition coefficient (Wildman–Crippen LogP) is 0.894. The molecule has 0 rings (SSSR count). The van der Waals surface area contributed by atoms with Gasteiger partial charge in [0.25, 0.3) is 0 Å². The second-order valence-electron chi connectivity index (χ2n) is 1.75. The fourth-order valence-corrected chi connectivity index (χ4v) is 0.493. The molecule has 0 radical (unpaired) electrons. The second kappa shape index (κ2) is 13.5. The number of halogens is 1. The van der Waals surface area contributed by atoms with Crippen LogP contribution in [0.1, 0.15) is 13.8 Å². The Kier molecular flexibility index (Phi) is 21.8. The number of carbonyl (C=O) groups is 1. The van der Waals surface area contributed by atoms with Gasteiger partial charge in [0.05, 0.1) is 6.54 Å². The van der Waals surface area contributed by atoms with Gasteiger partial charge in [-0.1, -0.05) is 13.0 Å². The molecule has 0 aromatic heterocycles. The minimum atomic E-state index is 0. The molecule has 0 atom stereocenters. The van der Waals surface area contributed by atoms with E-state index in [4.69, 9.17) is 0 Å². The molecule has 4 heteroatoms. The molecule has 0 amide bonds. The summed E-state index contributed by atoms with van der Waals surface area (Å²) in [4.78, 5) is 10.7. The van der Waals surface area contributed by atoms with Gasteiger partial charge in [0, 0.05) is 48.9 Å². The van der Waals surface area contributed by atoms with Crippen LogP contribution in [0.2, 0.25) is 0 Å². The second-order valence-corrected chi connectivity index (χ2v) is 1.75. The molecule has 0 aliphatic heterocycles. The largest absolute Gasteiger partial charge is 0.310 e. The molecule has 0 heterocycles. The van der Waals surface area contributed by atoms with Crippen LogP contribution in [0, 0.1) is 48.9 Å². The van der Waals surface area contributed by atoms with Crippen molar-refractivity contribution in [1.29, 1.82) is 0 Å². The van der Waals surface area contributed by atoms with Crippen LogP contribution in [0.3, 0.4) is 0 Å². The zero-order valence-electron chi connectivity index (χ0n) is 6.74. The van der Waals surface area contributed by atoms with Crippen molar-refractivity contribution in [3.63, 3.8) is 0 Å². The van der Waals surface area contributed by atoms with Crippen LogP contribution in [-0.4, -0.2) is 18.9 Å². The molecule has 0 bridgehead atoms. The summed E-state index contributed by atoms with van der Waals surface area (Å²) in [6.45, 7) is 5.12. The molecule has 0 saturated heterocycles. The van der Waals surface area contributed by atoms with E-state index in [1.165, 1.54) is 0 Å². The maximum absolute atomic E-state index is 10.7. The Morgan fingerprint density at radius 3 is 2.45 bits per heavy atom. The Morgan fingerprint density at radius 2 is 2.09 bits per heavy atom. The molecule has 2 nitrogen and oxygen atoms in total. The third-order valence-electron chi connectivity index (χ3n) is 0.902. The van der Waals surface area contributed by atoms with E-state index in [1.807, 2.05) is 13.8 Å². The average Bonchev–Trinajstić information content (AvgIpc) is 1.85. The maximum atomic E-state index is 10.7. The van der Waals surface area contributed by atoms with Gasteiger partial charge in [-0.3, -0.25) is 9.50 Å². The minimum Gasteiger partial charge on any atom is -0.310 e. The normalized spacial score (nSPS) is 8.55. The smallest absolute Gasteiger partial charge is 0.169 e. The van der Waals surface area contributed by atoms with Gasteiger partial charge in [-0.25, -0.2) is 0 Å². The van der Waals surface area contributed by atoms with E-state index in [1.54, 1.807) is 12.2 Å². The van der Waals surface area contributed by atoms with Gasteiger partial charge in [-0.2, -0.15) is 0 Å². The Bertz CT molecular complexity index is 117. The molecule has 0 unspecified atom stereocenters. The fraction of sp³-hybridized carbons (Fsp3) is 0.571. The Balaban J connectivity index is -0.000000320. The van der Waals surface area contributed by atoms with E-state index in [0.29, 0.717) is 6.54 Å². The molecule has 0 aromatic carbocycles. The van der Waals surface area contributed by atoms with Gasteiger partial charge in [0.15, 0.2) is 5.78 Å². The monoisotopic (exact) mass is 279 g/mol. The van der Waals surface area contributed by atoms with E-state index >= 15 is 0 Å². The Hall–Kier alpha value is 0.871. The van der Waals surface area contributed by atoms with Gasteiger partial charge >= 0.3 is 0 Å². The fourth-order valence-electron chi connectivity index (χ4n) is 0.493. The number of ketones is 1. The molecule has 0 spiro atoms. The van der Waals surface area contributed by atoms with Crippen LogP contribution in [0.5, 0.6) is 0 Å². The molecular formula is C7H14FNOXe. The number of hydrogen-bond acceptors (Lipinski definition) is 2. The molecule has 0 fully saturated rings. The maximum Gasteiger partial charge on any atom is 0.169 e. The number of likely N-dealkylation sites (N-methyl/N-ethyl adjacent to an activating group) is 1. The van der Waals surface area contributed by atoms with Gasteiger partial charge in [0.2, 0.25) is 0 Å². The van der Waals surface area contributed by atoms with Crippen molar-refractivity contribution in [2.75, 3.05) is 13.1 Å². The topological polar surface area (TPSA) is 29.1 Å². The predicted molar refractivity (Wildman–Crippen MR) is 40.9 cm³/mol. The number of rotatable bonds is 4. The Labute approximate surface area is 107 Å². The first-order chi connectivity index (χ1) is 4.31. The molecule has 1 N–H and O–H groups in total. The first-order valence-electron chi connectivity index (χ1n) is 3.17. The van der Waals surface area contributed by atoms with E-state index in [2.05, 4.69) is 5.32 Å². The summed E-state index contributed by atoms with van der Waals surface area (Å²) in [7, 11) is 0. The van der Waals surface area contributed by atoms with Gasteiger partial charge in [-0.15, -0.1) is 0 Å². The Morgan fingerprint density at radius 1 is 1.55 bits per heavy atom. The van der Waals surface area contributed by atoms with E-state index in [0.717, 1.165) is 6.54 Å². The molecule has 0 aliphatic rings. The SMILES string of the molecule is CC=CC(=O)CNCC.F.[Xe]. The molecule has 0 saturated carbocycles. The third kappa shape index (κ3) is 13.8. The zero-order valence-corrected chi connectivity index (χ0v) is 8.76. The van der Waals surface area contributed by atoms with Crippen LogP contribution in [0.15, 0.2) is 12.2 Å². The van der Waals surface area contributed by atoms with Gasteiger partial charge in [0.1, 0.15) is 0 Å². The van der Waals surface area contributed by atoms with Gasteiger partial charge < -0.3 is 5.32 Å². The number of hydrogen-bond donors (Lipinski definition) is 1. The molecule has 68 valence electrons. The minimum absolute atomic E-state index is 0. The molecule has 0 aromatic rings. The molecular weight excluding hydrogens is 264 g/mol. The molecule has 0 aliphatic carbocycles. The molecule has 11 heavy (non-hydrogen) atoms. The first kappa shape index (κ1) is 17.8. The van der Waals surface area contributed by atoms with Crippen molar-refractivity contribution in [2.45, 2.75) is 13.8 Å². The third-order valence-corrected chi connectivity index (χ3v) is 0.902. The summed E-state index contributed by atoms with van der Waals surface area (Å²) in [5, 5.41) is 2.93. The summed E-state index contributed by atoms with van der Waals surface area (Å²) < 4.78 is 0. The zero-order chi connectivity index (χ0) is 7.11.